The summed E-state index contributed by atoms with van der Waals surface area (Å²) in [7, 11) is 0. The molecular formula is C15H23NO2. The van der Waals surface area contributed by atoms with E-state index in [-0.39, 0.29) is 5.97 Å². The lowest BCUT2D eigenvalue weighted by atomic mass is 10.1. The van der Waals surface area contributed by atoms with E-state index in [0.29, 0.717) is 6.61 Å². The van der Waals surface area contributed by atoms with Crippen molar-refractivity contribution < 1.29 is 9.53 Å². The van der Waals surface area contributed by atoms with Crippen LogP contribution in [0.5, 0.6) is 0 Å². The largest absolute Gasteiger partial charge is 0.466 e. The molecule has 3 heteroatoms. The number of carbonyl (C=O) groups is 1. The monoisotopic (exact) mass is 249 g/mol. The summed E-state index contributed by atoms with van der Waals surface area (Å²) >= 11 is 0. The molecule has 0 heterocycles. The summed E-state index contributed by atoms with van der Waals surface area (Å²) in [4.78, 5) is 10.5. The highest BCUT2D eigenvalue weighted by Gasteiger charge is 1.94. The maximum absolute atomic E-state index is 10.5. The first-order chi connectivity index (χ1) is 8.79. The van der Waals surface area contributed by atoms with Crippen LogP contribution < -0.4 is 5.32 Å². The van der Waals surface area contributed by atoms with E-state index in [1.165, 1.54) is 12.5 Å². The highest BCUT2D eigenvalue weighted by Crippen LogP contribution is 1.99. The first-order valence-corrected chi connectivity index (χ1v) is 6.67. The van der Waals surface area contributed by atoms with Gasteiger partial charge in [-0.25, -0.2) is 0 Å². The van der Waals surface area contributed by atoms with Gasteiger partial charge in [-0.3, -0.25) is 4.79 Å². The standard InChI is InChI=1S/C15H23NO2/c1-14(17)18-13-7-3-6-11-16-12-10-15-8-4-2-5-9-15/h2,4-5,8-9,16H,3,6-7,10-13H2,1H3. The second-order valence-corrected chi connectivity index (χ2v) is 4.39. The van der Waals surface area contributed by atoms with E-state index in [1.54, 1.807) is 0 Å². The minimum Gasteiger partial charge on any atom is -0.466 e. The van der Waals surface area contributed by atoms with Gasteiger partial charge in [0.05, 0.1) is 6.61 Å². The smallest absolute Gasteiger partial charge is 0.302 e. The van der Waals surface area contributed by atoms with Crippen LogP contribution in [0.2, 0.25) is 0 Å². The number of unbranched alkanes of at least 4 members (excludes halogenated alkanes) is 2. The van der Waals surface area contributed by atoms with Gasteiger partial charge in [-0.05, 0) is 44.3 Å². The molecule has 3 nitrogen and oxygen atoms in total. The number of hydrogen-bond acceptors (Lipinski definition) is 3. The number of hydrogen-bond donors (Lipinski definition) is 1. The van der Waals surface area contributed by atoms with E-state index in [4.69, 9.17) is 4.74 Å². The third-order valence-corrected chi connectivity index (χ3v) is 2.74. The summed E-state index contributed by atoms with van der Waals surface area (Å²) in [6.07, 6.45) is 4.27. The highest BCUT2D eigenvalue weighted by molar-refractivity contribution is 5.65. The van der Waals surface area contributed by atoms with Gasteiger partial charge in [0.1, 0.15) is 0 Å². The molecule has 1 aromatic rings. The van der Waals surface area contributed by atoms with Crippen LogP contribution in [-0.2, 0) is 16.0 Å². The van der Waals surface area contributed by atoms with Gasteiger partial charge in [0.15, 0.2) is 0 Å². The van der Waals surface area contributed by atoms with Crippen LogP contribution in [0.4, 0.5) is 0 Å². The average Bonchev–Trinajstić information content (AvgIpc) is 2.37. The van der Waals surface area contributed by atoms with Crippen molar-refractivity contribution in [2.24, 2.45) is 0 Å². The van der Waals surface area contributed by atoms with E-state index in [1.807, 2.05) is 6.07 Å². The van der Waals surface area contributed by atoms with Crippen LogP contribution in [0.25, 0.3) is 0 Å². The molecule has 0 aromatic heterocycles. The summed E-state index contributed by atoms with van der Waals surface area (Å²) in [5.74, 6) is -0.184. The molecule has 0 saturated heterocycles. The van der Waals surface area contributed by atoms with Gasteiger partial charge in [0.2, 0.25) is 0 Å². The number of carbonyl (C=O) groups excluding carboxylic acids is 1. The molecular weight excluding hydrogens is 226 g/mol. The Bertz CT molecular complexity index is 325. The molecule has 1 N–H and O–H groups in total. The van der Waals surface area contributed by atoms with Crippen LogP contribution in [0.1, 0.15) is 31.7 Å². The van der Waals surface area contributed by atoms with Crippen molar-refractivity contribution in [2.45, 2.75) is 32.6 Å². The van der Waals surface area contributed by atoms with Crippen molar-refractivity contribution in [3.8, 4) is 0 Å². The Kier molecular flexibility index (Phi) is 7.89. The summed E-state index contributed by atoms with van der Waals surface area (Å²) in [6, 6.07) is 10.5. The van der Waals surface area contributed by atoms with Crippen LogP contribution in [0.15, 0.2) is 30.3 Å². The van der Waals surface area contributed by atoms with Gasteiger partial charge >= 0.3 is 5.97 Å². The third-order valence-electron chi connectivity index (χ3n) is 2.74. The van der Waals surface area contributed by atoms with E-state index in [0.717, 1.165) is 38.8 Å². The summed E-state index contributed by atoms with van der Waals surface area (Å²) in [5, 5.41) is 3.43. The molecule has 0 amide bonds. The predicted molar refractivity (Wildman–Crippen MR) is 73.5 cm³/mol. The molecule has 0 bridgehead atoms. The van der Waals surface area contributed by atoms with Crippen molar-refractivity contribution in [2.75, 3.05) is 19.7 Å². The van der Waals surface area contributed by atoms with Gasteiger partial charge in [-0.1, -0.05) is 30.3 Å². The van der Waals surface area contributed by atoms with Gasteiger partial charge in [-0.2, -0.15) is 0 Å². The fraction of sp³-hybridized carbons (Fsp3) is 0.533. The van der Waals surface area contributed by atoms with Crippen molar-refractivity contribution >= 4 is 5.97 Å². The fourth-order valence-electron chi connectivity index (χ4n) is 1.75. The van der Waals surface area contributed by atoms with Crippen molar-refractivity contribution in [3.63, 3.8) is 0 Å². The minimum atomic E-state index is -0.184. The van der Waals surface area contributed by atoms with Crippen LogP contribution in [-0.4, -0.2) is 25.7 Å². The van der Waals surface area contributed by atoms with Crippen molar-refractivity contribution in [1.29, 1.82) is 0 Å². The van der Waals surface area contributed by atoms with E-state index < -0.39 is 0 Å². The Labute approximate surface area is 110 Å². The first-order valence-electron chi connectivity index (χ1n) is 6.67. The number of benzene rings is 1. The molecule has 0 atom stereocenters. The Morgan fingerprint density at radius 2 is 1.89 bits per heavy atom. The van der Waals surface area contributed by atoms with Gasteiger partial charge in [0, 0.05) is 6.92 Å². The summed E-state index contributed by atoms with van der Waals surface area (Å²) in [6.45, 7) is 4.06. The lowest BCUT2D eigenvalue weighted by Gasteiger charge is -2.05. The molecule has 0 aliphatic rings. The van der Waals surface area contributed by atoms with Crippen molar-refractivity contribution in [3.05, 3.63) is 35.9 Å². The second kappa shape index (κ2) is 9.66. The molecule has 0 aliphatic heterocycles. The molecule has 1 aromatic carbocycles. The topological polar surface area (TPSA) is 38.3 Å². The van der Waals surface area contributed by atoms with Crippen LogP contribution >= 0.6 is 0 Å². The maximum atomic E-state index is 10.5. The van der Waals surface area contributed by atoms with E-state index >= 15 is 0 Å². The molecule has 100 valence electrons. The highest BCUT2D eigenvalue weighted by atomic mass is 16.5. The maximum Gasteiger partial charge on any atom is 0.302 e. The molecule has 18 heavy (non-hydrogen) atoms. The fourth-order valence-corrected chi connectivity index (χ4v) is 1.75. The van der Waals surface area contributed by atoms with Crippen LogP contribution in [0.3, 0.4) is 0 Å². The Morgan fingerprint density at radius 3 is 2.61 bits per heavy atom. The minimum absolute atomic E-state index is 0.184. The molecule has 1 rings (SSSR count). The number of rotatable bonds is 9. The molecule has 0 saturated carbocycles. The van der Waals surface area contributed by atoms with Crippen LogP contribution in [0, 0.1) is 0 Å². The van der Waals surface area contributed by atoms with E-state index in [9.17, 15) is 4.79 Å². The number of ether oxygens (including phenoxy) is 1. The lowest BCUT2D eigenvalue weighted by molar-refractivity contribution is -0.141. The van der Waals surface area contributed by atoms with Crippen molar-refractivity contribution in [1.82, 2.24) is 5.32 Å². The molecule has 0 radical (unpaired) electrons. The Morgan fingerprint density at radius 1 is 1.11 bits per heavy atom. The Balaban J connectivity index is 1.86. The zero-order valence-corrected chi connectivity index (χ0v) is 11.2. The average molecular weight is 249 g/mol. The molecule has 0 aliphatic carbocycles. The first kappa shape index (κ1) is 14.7. The van der Waals surface area contributed by atoms with Gasteiger partial charge in [-0.15, -0.1) is 0 Å². The Hall–Kier alpha value is -1.35. The number of esters is 1. The zero-order valence-electron chi connectivity index (χ0n) is 11.2. The molecule has 0 fully saturated rings. The SMILES string of the molecule is CC(=O)OCCCCCNCCc1ccccc1. The third kappa shape index (κ3) is 7.85. The van der Waals surface area contributed by atoms with E-state index in [2.05, 4.69) is 29.6 Å². The predicted octanol–water partition coefficient (Wildman–Crippen LogP) is 2.55. The normalized spacial score (nSPS) is 10.3. The summed E-state index contributed by atoms with van der Waals surface area (Å²) < 4.78 is 4.87. The van der Waals surface area contributed by atoms with Gasteiger partial charge in [0.25, 0.3) is 0 Å². The summed E-state index contributed by atoms with van der Waals surface area (Å²) in [5.41, 5.74) is 1.37. The molecule has 0 spiro atoms. The zero-order chi connectivity index (χ0) is 13.1. The quantitative estimate of drug-likeness (QED) is 0.540. The van der Waals surface area contributed by atoms with Gasteiger partial charge < -0.3 is 10.1 Å². The molecule has 0 unspecified atom stereocenters. The number of nitrogens with one attached hydrogen (secondary N) is 1. The lowest BCUT2D eigenvalue weighted by Crippen LogP contribution is -2.18. The second-order valence-electron chi connectivity index (χ2n) is 4.39.